The molecule has 1 rings (SSSR count). The molecule has 0 atom stereocenters. The van der Waals surface area contributed by atoms with Crippen molar-refractivity contribution in [1.29, 1.82) is 5.26 Å². The summed E-state index contributed by atoms with van der Waals surface area (Å²) in [5.41, 5.74) is 0. The van der Waals surface area contributed by atoms with Crippen molar-refractivity contribution in [2.45, 2.75) is 32.1 Å². The number of likely N-dealkylation sites (tertiary alicyclic amines) is 1. The first-order valence-electron chi connectivity index (χ1n) is 5.96. The van der Waals surface area contributed by atoms with Gasteiger partial charge in [0.15, 0.2) is 0 Å². The van der Waals surface area contributed by atoms with Gasteiger partial charge in [0.2, 0.25) is 0 Å². The molecule has 0 aromatic carbocycles. The maximum absolute atomic E-state index is 8.32. The summed E-state index contributed by atoms with van der Waals surface area (Å²) in [4.78, 5) is 2.40. The Kier molecular flexibility index (Phi) is 6.38. The van der Waals surface area contributed by atoms with Crippen LogP contribution in [-0.4, -0.2) is 38.3 Å². The third-order valence-corrected chi connectivity index (χ3v) is 3.10. The van der Waals surface area contributed by atoms with Gasteiger partial charge in [0.05, 0.1) is 19.1 Å². The zero-order chi connectivity index (χ0) is 10.9. The molecule has 0 saturated carbocycles. The zero-order valence-electron chi connectivity index (χ0n) is 9.74. The molecule has 1 aliphatic heterocycles. The first-order valence-corrected chi connectivity index (χ1v) is 5.96. The predicted octanol–water partition coefficient (Wildman–Crippen LogP) is 2.04. The Morgan fingerprint density at radius 1 is 1.33 bits per heavy atom. The van der Waals surface area contributed by atoms with Crippen LogP contribution < -0.4 is 0 Å². The molecule has 15 heavy (non-hydrogen) atoms. The third-order valence-electron chi connectivity index (χ3n) is 3.10. The van der Waals surface area contributed by atoms with Crippen molar-refractivity contribution in [3.63, 3.8) is 0 Å². The second-order valence-corrected chi connectivity index (χ2v) is 4.41. The van der Waals surface area contributed by atoms with E-state index in [0.717, 1.165) is 18.9 Å². The highest BCUT2D eigenvalue weighted by Crippen LogP contribution is 2.20. The van der Waals surface area contributed by atoms with Gasteiger partial charge in [-0.3, -0.25) is 0 Å². The molecule has 0 radical (unpaired) electrons. The second-order valence-electron chi connectivity index (χ2n) is 4.41. The molecule has 0 unspecified atom stereocenters. The smallest absolute Gasteiger partial charge is 0.0645 e. The van der Waals surface area contributed by atoms with E-state index >= 15 is 0 Å². The minimum absolute atomic E-state index is 0.522. The normalized spacial score (nSPS) is 18.9. The highest BCUT2D eigenvalue weighted by molar-refractivity contribution is 4.70. The topological polar surface area (TPSA) is 36.3 Å². The fraction of sp³-hybridized carbons (Fsp3) is 0.917. The molecule has 0 spiro atoms. The van der Waals surface area contributed by atoms with Gasteiger partial charge in [0, 0.05) is 6.61 Å². The van der Waals surface area contributed by atoms with E-state index in [1.165, 1.54) is 32.4 Å². The summed E-state index contributed by atoms with van der Waals surface area (Å²) in [5.74, 6) is 0.903. The summed E-state index contributed by atoms with van der Waals surface area (Å²) < 4.78 is 5.35. The highest BCUT2D eigenvalue weighted by atomic mass is 16.5. The number of hydrogen-bond acceptors (Lipinski definition) is 3. The van der Waals surface area contributed by atoms with E-state index in [4.69, 9.17) is 10.00 Å². The van der Waals surface area contributed by atoms with Crippen molar-refractivity contribution in [3.05, 3.63) is 0 Å². The molecule has 1 aliphatic rings. The van der Waals surface area contributed by atoms with Crippen LogP contribution in [0.15, 0.2) is 0 Å². The molecule has 0 aromatic rings. The van der Waals surface area contributed by atoms with Crippen LogP contribution in [0.3, 0.4) is 0 Å². The molecule has 1 heterocycles. The Bertz CT molecular complexity index is 192. The van der Waals surface area contributed by atoms with E-state index < -0.39 is 0 Å². The number of hydrogen-bond donors (Lipinski definition) is 0. The molecular weight excluding hydrogens is 188 g/mol. The summed E-state index contributed by atoms with van der Waals surface area (Å²) in [6, 6.07) is 2.08. The Morgan fingerprint density at radius 2 is 2.07 bits per heavy atom. The summed E-state index contributed by atoms with van der Waals surface area (Å²) in [6.07, 6.45) is 5.65. The molecule has 0 amide bonds. The van der Waals surface area contributed by atoms with Gasteiger partial charge >= 0.3 is 0 Å². The molecular formula is C12H22N2O. The van der Waals surface area contributed by atoms with E-state index in [1.54, 1.807) is 0 Å². The minimum Gasteiger partial charge on any atom is -0.380 e. The van der Waals surface area contributed by atoms with E-state index in [0.29, 0.717) is 13.0 Å². The number of ether oxygens (including phenoxy) is 1. The lowest BCUT2D eigenvalue weighted by molar-refractivity contribution is 0.125. The van der Waals surface area contributed by atoms with Crippen molar-refractivity contribution in [1.82, 2.24) is 4.90 Å². The van der Waals surface area contributed by atoms with Gasteiger partial charge in [-0.05, 0) is 51.7 Å². The van der Waals surface area contributed by atoms with Crippen LogP contribution in [0.5, 0.6) is 0 Å². The van der Waals surface area contributed by atoms with Gasteiger partial charge in [-0.2, -0.15) is 5.26 Å². The predicted molar refractivity (Wildman–Crippen MR) is 60.5 cm³/mol. The van der Waals surface area contributed by atoms with E-state index in [1.807, 2.05) is 0 Å². The largest absolute Gasteiger partial charge is 0.380 e. The van der Waals surface area contributed by atoms with Crippen LogP contribution >= 0.6 is 0 Å². The molecule has 86 valence electrons. The summed E-state index contributed by atoms with van der Waals surface area (Å²) in [7, 11) is 2.20. The average Bonchev–Trinajstić information content (AvgIpc) is 2.26. The van der Waals surface area contributed by atoms with Crippen molar-refractivity contribution >= 4 is 0 Å². The van der Waals surface area contributed by atoms with Crippen molar-refractivity contribution < 1.29 is 4.74 Å². The number of nitrogens with zero attached hydrogens (tertiary/aromatic N) is 2. The maximum Gasteiger partial charge on any atom is 0.0645 e. The Labute approximate surface area is 93.0 Å². The summed E-state index contributed by atoms with van der Waals surface area (Å²) in [6.45, 7) is 3.93. The molecule has 1 saturated heterocycles. The van der Waals surface area contributed by atoms with Crippen molar-refractivity contribution in [2.75, 3.05) is 33.4 Å². The second kappa shape index (κ2) is 7.67. The van der Waals surface area contributed by atoms with Crippen molar-refractivity contribution in [2.24, 2.45) is 5.92 Å². The minimum atomic E-state index is 0.522. The van der Waals surface area contributed by atoms with Crippen LogP contribution in [0.4, 0.5) is 0 Å². The van der Waals surface area contributed by atoms with E-state index in [9.17, 15) is 0 Å². The molecule has 1 fully saturated rings. The van der Waals surface area contributed by atoms with Crippen LogP contribution in [0.1, 0.15) is 32.1 Å². The quantitative estimate of drug-likeness (QED) is 0.629. The highest BCUT2D eigenvalue weighted by Gasteiger charge is 2.15. The van der Waals surface area contributed by atoms with Crippen LogP contribution in [0, 0.1) is 17.2 Å². The average molecular weight is 210 g/mol. The Hall–Kier alpha value is -0.590. The molecule has 3 heteroatoms. The van der Waals surface area contributed by atoms with Gasteiger partial charge < -0.3 is 9.64 Å². The van der Waals surface area contributed by atoms with Crippen LogP contribution in [0.2, 0.25) is 0 Å². The van der Waals surface area contributed by atoms with Gasteiger partial charge in [0.1, 0.15) is 0 Å². The fourth-order valence-corrected chi connectivity index (χ4v) is 2.04. The molecule has 3 nitrogen and oxygen atoms in total. The lowest BCUT2D eigenvalue weighted by atomic mass is 9.93. The standard InChI is InChI=1S/C12H22N2O/c1-14-8-5-12(6-9-14)4-2-10-15-11-3-7-13/h12H,2-6,8-11H2,1H3. The number of piperidine rings is 1. The Morgan fingerprint density at radius 3 is 2.73 bits per heavy atom. The zero-order valence-corrected chi connectivity index (χ0v) is 9.74. The van der Waals surface area contributed by atoms with E-state index in [2.05, 4.69) is 18.0 Å². The van der Waals surface area contributed by atoms with Gasteiger partial charge in [0.25, 0.3) is 0 Å². The maximum atomic E-state index is 8.32. The lowest BCUT2D eigenvalue weighted by Crippen LogP contribution is -2.30. The first-order chi connectivity index (χ1) is 7.33. The Balaban J connectivity index is 1.90. The van der Waals surface area contributed by atoms with E-state index in [-0.39, 0.29) is 0 Å². The monoisotopic (exact) mass is 210 g/mol. The number of nitriles is 1. The molecule has 0 aliphatic carbocycles. The van der Waals surface area contributed by atoms with Crippen LogP contribution in [-0.2, 0) is 4.74 Å². The molecule has 0 aromatic heterocycles. The molecule has 0 bridgehead atoms. The van der Waals surface area contributed by atoms with Crippen LogP contribution in [0.25, 0.3) is 0 Å². The van der Waals surface area contributed by atoms with Gasteiger partial charge in [-0.25, -0.2) is 0 Å². The molecule has 0 N–H and O–H groups in total. The SMILES string of the molecule is CN1CCC(CCCOCCC#N)CC1. The van der Waals surface area contributed by atoms with Crippen molar-refractivity contribution in [3.8, 4) is 6.07 Å². The van der Waals surface area contributed by atoms with Gasteiger partial charge in [-0.15, -0.1) is 0 Å². The summed E-state index contributed by atoms with van der Waals surface area (Å²) >= 11 is 0. The summed E-state index contributed by atoms with van der Waals surface area (Å²) in [5, 5.41) is 8.32. The first kappa shape index (κ1) is 12.5. The fourth-order valence-electron chi connectivity index (χ4n) is 2.04. The third kappa shape index (κ3) is 5.76. The number of rotatable bonds is 6. The van der Waals surface area contributed by atoms with Gasteiger partial charge in [-0.1, -0.05) is 0 Å². The lowest BCUT2D eigenvalue weighted by Gasteiger charge is -2.28.